The van der Waals surface area contributed by atoms with Gasteiger partial charge in [0.1, 0.15) is 0 Å². The third kappa shape index (κ3) is 4.35. The van der Waals surface area contributed by atoms with Crippen LogP contribution in [0.3, 0.4) is 0 Å². The van der Waals surface area contributed by atoms with E-state index >= 15 is 0 Å². The third-order valence-electron chi connectivity index (χ3n) is 4.05. The minimum atomic E-state index is 0.177. The van der Waals surface area contributed by atoms with Crippen LogP contribution in [0.15, 0.2) is 30.5 Å². The number of morpholine rings is 1. The van der Waals surface area contributed by atoms with Gasteiger partial charge in [0.05, 0.1) is 25.1 Å². The Labute approximate surface area is 146 Å². The molecule has 0 atom stereocenters. The monoisotopic (exact) mass is 348 g/mol. The maximum absolute atomic E-state index is 12.1. The highest BCUT2D eigenvalue weighted by atomic mass is 35.5. The molecule has 6 nitrogen and oxygen atoms in total. The highest BCUT2D eigenvalue weighted by Crippen LogP contribution is 2.22. The second-order valence-corrected chi connectivity index (χ2v) is 6.13. The van der Waals surface area contributed by atoms with Gasteiger partial charge in [-0.25, -0.2) is 0 Å². The van der Waals surface area contributed by atoms with Gasteiger partial charge in [0, 0.05) is 43.2 Å². The van der Waals surface area contributed by atoms with Crippen LogP contribution in [-0.2, 0) is 16.1 Å². The number of aromatic amines is 1. The van der Waals surface area contributed by atoms with Crippen LogP contribution in [0, 0.1) is 0 Å². The average Bonchev–Trinajstić information content (AvgIpc) is 3.08. The van der Waals surface area contributed by atoms with Crippen molar-refractivity contribution in [2.24, 2.45) is 0 Å². The van der Waals surface area contributed by atoms with Gasteiger partial charge >= 0.3 is 0 Å². The fourth-order valence-electron chi connectivity index (χ4n) is 2.70. The molecule has 1 saturated heterocycles. The third-order valence-corrected chi connectivity index (χ3v) is 4.30. The van der Waals surface area contributed by atoms with Crippen molar-refractivity contribution in [3.8, 4) is 11.3 Å². The molecule has 24 heavy (non-hydrogen) atoms. The van der Waals surface area contributed by atoms with Gasteiger partial charge < -0.3 is 15.0 Å². The Bertz CT molecular complexity index is 665. The van der Waals surface area contributed by atoms with Crippen molar-refractivity contribution in [2.75, 3.05) is 32.8 Å². The number of halogens is 1. The van der Waals surface area contributed by atoms with Crippen LogP contribution in [0.2, 0.25) is 5.02 Å². The summed E-state index contributed by atoms with van der Waals surface area (Å²) in [5, 5.41) is 11.2. The summed E-state index contributed by atoms with van der Waals surface area (Å²) in [6, 6.07) is 7.63. The summed E-state index contributed by atoms with van der Waals surface area (Å²) in [4.78, 5) is 13.9. The standard InChI is InChI=1S/C17H21ClN4O2/c18-15-3-1-13(2-4-15)17-14(12-20-21-17)11-19-6-5-16(23)22-7-9-24-10-8-22/h1-4,12,19H,5-11H2,(H,20,21). The first-order valence-electron chi connectivity index (χ1n) is 8.08. The molecule has 0 unspecified atom stereocenters. The largest absolute Gasteiger partial charge is 0.378 e. The predicted molar refractivity (Wildman–Crippen MR) is 92.8 cm³/mol. The highest BCUT2D eigenvalue weighted by Gasteiger charge is 2.16. The zero-order chi connectivity index (χ0) is 16.8. The van der Waals surface area contributed by atoms with Gasteiger partial charge in [-0.3, -0.25) is 9.89 Å². The number of benzene rings is 1. The van der Waals surface area contributed by atoms with E-state index in [1.165, 1.54) is 0 Å². The van der Waals surface area contributed by atoms with Crippen LogP contribution in [0.25, 0.3) is 11.3 Å². The highest BCUT2D eigenvalue weighted by molar-refractivity contribution is 6.30. The van der Waals surface area contributed by atoms with Crippen molar-refractivity contribution in [1.82, 2.24) is 20.4 Å². The lowest BCUT2D eigenvalue weighted by atomic mass is 10.1. The summed E-state index contributed by atoms with van der Waals surface area (Å²) in [6.45, 7) is 3.96. The first-order chi connectivity index (χ1) is 11.7. The number of nitrogens with one attached hydrogen (secondary N) is 2. The molecule has 2 aromatic rings. The Morgan fingerprint density at radius 2 is 2.04 bits per heavy atom. The lowest BCUT2D eigenvalue weighted by molar-refractivity contribution is -0.135. The fourth-order valence-corrected chi connectivity index (χ4v) is 2.83. The fraction of sp³-hybridized carbons (Fsp3) is 0.412. The molecule has 1 aromatic heterocycles. The molecule has 1 aromatic carbocycles. The van der Waals surface area contributed by atoms with Gasteiger partial charge in [0.2, 0.25) is 5.91 Å². The quantitative estimate of drug-likeness (QED) is 0.784. The average molecular weight is 349 g/mol. The number of hydrogen-bond donors (Lipinski definition) is 2. The van der Waals surface area contributed by atoms with Crippen LogP contribution in [-0.4, -0.2) is 53.9 Å². The number of rotatable bonds is 6. The van der Waals surface area contributed by atoms with Gasteiger partial charge in [-0.2, -0.15) is 5.10 Å². The van der Waals surface area contributed by atoms with Crippen molar-refractivity contribution in [2.45, 2.75) is 13.0 Å². The van der Waals surface area contributed by atoms with E-state index in [0.717, 1.165) is 16.8 Å². The number of nitrogens with zero attached hydrogens (tertiary/aromatic N) is 2. The van der Waals surface area contributed by atoms with Gasteiger partial charge in [0.15, 0.2) is 0 Å². The molecule has 1 aliphatic heterocycles. The molecule has 2 N–H and O–H groups in total. The van der Waals surface area contributed by atoms with Crippen LogP contribution in [0.1, 0.15) is 12.0 Å². The summed E-state index contributed by atoms with van der Waals surface area (Å²) in [5.41, 5.74) is 3.08. The number of carbonyl (C=O) groups excluding carboxylic acids is 1. The molecule has 2 heterocycles. The molecule has 1 fully saturated rings. The number of carbonyl (C=O) groups is 1. The first kappa shape index (κ1) is 17.0. The molecule has 0 bridgehead atoms. The predicted octanol–water partition coefficient (Wildman–Crippen LogP) is 2.07. The Morgan fingerprint density at radius 1 is 1.29 bits per heavy atom. The molecule has 7 heteroatoms. The molecular weight excluding hydrogens is 328 g/mol. The number of hydrogen-bond acceptors (Lipinski definition) is 4. The minimum Gasteiger partial charge on any atom is -0.378 e. The minimum absolute atomic E-state index is 0.177. The van der Waals surface area contributed by atoms with Crippen molar-refractivity contribution < 1.29 is 9.53 Å². The van der Waals surface area contributed by atoms with Gasteiger partial charge in [-0.1, -0.05) is 23.7 Å². The summed E-state index contributed by atoms with van der Waals surface area (Å²) < 4.78 is 5.26. The summed E-state index contributed by atoms with van der Waals surface area (Å²) in [5.74, 6) is 0.177. The van der Waals surface area contributed by atoms with Crippen LogP contribution in [0.5, 0.6) is 0 Å². The van der Waals surface area contributed by atoms with E-state index in [4.69, 9.17) is 16.3 Å². The second kappa shape index (κ2) is 8.28. The van der Waals surface area contributed by atoms with Crippen molar-refractivity contribution in [3.63, 3.8) is 0 Å². The maximum atomic E-state index is 12.1. The Kier molecular flexibility index (Phi) is 5.85. The maximum Gasteiger partial charge on any atom is 0.224 e. The number of ether oxygens (including phenoxy) is 1. The SMILES string of the molecule is O=C(CCNCc1cn[nH]c1-c1ccc(Cl)cc1)N1CCOCC1. The lowest BCUT2D eigenvalue weighted by Gasteiger charge is -2.26. The van der Waals surface area contributed by atoms with E-state index in [1.807, 2.05) is 29.2 Å². The molecule has 0 spiro atoms. The molecule has 0 saturated carbocycles. The Balaban J connectivity index is 1.48. The Morgan fingerprint density at radius 3 is 2.79 bits per heavy atom. The van der Waals surface area contributed by atoms with Gasteiger partial charge in [-0.15, -0.1) is 0 Å². The van der Waals surface area contributed by atoms with Crippen molar-refractivity contribution in [1.29, 1.82) is 0 Å². The van der Waals surface area contributed by atoms with Gasteiger partial charge in [0.25, 0.3) is 0 Å². The number of amides is 1. The van der Waals surface area contributed by atoms with Gasteiger partial charge in [-0.05, 0) is 17.7 Å². The van der Waals surface area contributed by atoms with E-state index < -0.39 is 0 Å². The summed E-state index contributed by atoms with van der Waals surface area (Å²) in [7, 11) is 0. The van der Waals surface area contributed by atoms with E-state index in [2.05, 4.69) is 15.5 Å². The molecule has 3 rings (SSSR count). The summed E-state index contributed by atoms with van der Waals surface area (Å²) in [6.07, 6.45) is 2.30. The molecule has 1 aliphatic rings. The molecule has 128 valence electrons. The van der Waals surface area contributed by atoms with Crippen LogP contribution >= 0.6 is 11.6 Å². The van der Waals surface area contributed by atoms with Crippen LogP contribution in [0.4, 0.5) is 0 Å². The van der Waals surface area contributed by atoms with Crippen molar-refractivity contribution in [3.05, 3.63) is 41.0 Å². The zero-order valence-electron chi connectivity index (χ0n) is 13.4. The van der Waals surface area contributed by atoms with E-state index in [1.54, 1.807) is 6.20 Å². The lowest BCUT2D eigenvalue weighted by Crippen LogP contribution is -2.41. The second-order valence-electron chi connectivity index (χ2n) is 5.70. The number of H-pyrrole nitrogens is 1. The van der Waals surface area contributed by atoms with E-state index in [0.29, 0.717) is 50.8 Å². The smallest absolute Gasteiger partial charge is 0.224 e. The normalized spacial score (nSPS) is 14.8. The zero-order valence-corrected chi connectivity index (χ0v) is 14.2. The number of aromatic nitrogens is 2. The van der Waals surface area contributed by atoms with E-state index in [-0.39, 0.29) is 5.91 Å². The Hall–Kier alpha value is -1.89. The summed E-state index contributed by atoms with van der Waals surface area (Å²) >= 11 is 5.93. The molecule has 0 radical (unpaired) electrons. The molecule has 0 aliphatic carbocycles. The first-order valence-corrected chi connectivity index (χ1v) is 8.46. The molecule has 1 amide bonds. The molecular formula is C17H21ClN4O2. The topological polar surface area (TPSA) is 70.2 Å². The van der Waals surface area contributed by atoms with E-state index in [9.17, 15) is 4.79 Å². The van der Waals surface area contributed by atoms with Crippen molar-refractivity contribution >= 4 is 17.5 Å². The van der Waals surface area contributed by atoms with Crippen LogP contribution < -0.4 is 5.32 Å².